The summed E-state index contributed by atoms with van der Waals surface area (Å²) in [6.45, 7) is 0. The molecule has 0 aromatic heterocycles. The molecule has 0 heterocycles. The second-order valence-corrected chi connectivity index (χ2v) is 7.82. The van der Waals surface area contributed by atoms with Gasteiger partial charge in [0.05, 0.1) is 6.04 Å². The number of carbonyl (C=O) groups excluding carboxylic acids is 3. The Bertz CT molecular complexity index is 1080. The van der Waals surface area contributed by atoms with Gasteiger partial charge in [-0.05, 0) is 60.0 Å². The zero-order valence-electron chi connectivity index (χ0n) is 17.5. The number of hydrogen-bond acceptors (Lipinski definition) is 5. The van der Waals surface area contributed by atoms with Gasteiger partial charge in [0.25, 0.3) is 0 Å². The van der Waals surface area contributed by atoms with Crippen molar-refractivity contribution in [1.29, 1.82) is 0 Å². The van der Waals surface area contributed by atoms with Crippen molar-refractivity contribution in [2.45, 2.75) is 12.5 Å². The summed E-state index contributed by atoms with van der Waals surface area (Å²) < 4.78 is 0. The summed E-state index contributed by atoms with van der Waals surface area (Å²) in [6, 6.07) is 11.9. The van der Waals surface area contributed by atoms with Crippen LogP contribution in [0.2, 0.25) is 0 Å². The molecule has 1 aliphatic rings. The lowest BCUT2D eigenvalue weighted by atomic mass is 9.95. The smallest absolute Gasteiger partial charge is 0.239 e. The van der Waals surface area contributed by atoms with Crippen LogP contribution >= 0.6 is 11.6 Å². The average Bonchev–Trinajstić information content (AvgIpc) is 2.80. The van der Waals surface area contributed by atoms with Crippen molar-refractivity contribution in [2.75, 3.05) is 0 Å². The van der Waals surface area contributed by atoms with Crippen LogP contribution in [0, 0.1) is 5.92 Å². The number of ketones is 2. The molecule has 3 rings (SSSR count). The second kappa shape index (κ2) is 11.1. The van der Waals surface area contributed by atoms with Crippen molar-refractivity contribution in [1.82, 2.24) is 5.32 Å². The minimum atomic E-state index is -1.57. The third kappa shape index (κ3) is 7.05. The van der Waals surface area contributed by atoms with E-state index in [1.807, 2.05) is 0 Å². The van der Waals surface area contributed by atoms with E-state index in [0.29, 0.717) is 22.6 Å². The van der Waals surface area contributed by atoms with Crippen molar-refractivity contribution in [3.05, 3.63) is 95.1 Å². The van der Waals surface area contributed by atoms with E-state index in [4.69, 9.17) is 11.6 Å². The first-order valence-corrected chi connectivity index (χ1v) is 10.6. The van der Waals surface area contributed by atoms with Crippen LogP contribution < -0.4 is 5.32 Å². The van der Waals surface area contributed by atoms with Gasteiger partial charge in [0.1, 0.15) is 11.5 Å². The topological polar surface area (TPSA) is 104 Å². The van der Waals surface area contributed by atoms with Crippen LogP contribution in [-0.2, 0) is 14.4 Å². The molecule has 7 heteroatoms. The Hall–Kier alpha value is -3.90. The molecule has 1 atom stereocenters. The van der Waals surface area contributed by atoms with E-state index in [1.165, 1.54) is 48.6 Å². The normalized spacial score (nSPS) is 16.5. The first kappa shape index (κ1) is 23.8. The maximum atomic E-state index is 12.9. The molecule has 0 saturated carbocycles. The fraction of sp³-hybridized carbons (Fsp3) is 0.115. The number of carbonyl (C=O) groups is 3. The van der Waals surface area contributed by atoms with Crippen LogP contribution in [0.3, 0.4) is 0 Å². The molecule has 0 radical (unpaired) electrons. The summed E-state index contributed by atoms with van der Waals surface area (Å²) in [5, 5.41) is 22.0. The molecular formula is C26H22ClNO5. The van der Waals surface area contributed by atoms with Crippen molar-refractivity contribution < 1.29 is 24.6 Å². The third-order valence-electron chi connectivity index (χ3n) is 4.88. The molecule has 1 unspecified atom stereocenters. The molecule has 33 heavy (non-hydrogen) atoms. The van der Waals surface area contributed by atoms with E-state index >= 15 is 0 Å². The third-order valence-corrected chi connectivity index (χ3v) is 5.16. The van der Waals surface area contributed by atoms with Gasteiger partial charge < -0.3 is 15.5 Å². The maximum absolute atomic E-state index is 12.9. The zero-order chi connectivity index (χ0) is 23.8. The van der Waals surface area contributed by atoms with Gasteiger partial charge in [-0.2, -0.15) is 0 Å². The maximum Gasteiger partial charge on any atom is 0.239 e. The molecule has 0 aliphatic heterocycles. The molecule has 6 nitrogen and oxygen atoms in total. The van der Waals surface area contributed by atoms with Gasteiger partial charge in [0.15, 0.2) is 17.5 Å². The fourth-order valence-electron chi connectivity index (χ4n) is 3.09. The number of phenolic OH excluding ortho intramolecular Hbond substituents is 2. The average molecular weight is 464 g/mol. The van der Waals surface area contributed by atoms with Gasteiger partial charge >= 0.3 is 0 Å². The molecule has 3 N–H and O–H groups in total. The summed E-state index contributed by atoms with van der Waals surface area (Å²) in [5.74, 6) is -3.46. The Morgan fingerprint density at radius 2 is 1.36 bits per heavy atom. The van der Waals surface area contributed by atoms with Gasteiger partial charge in [0, 0.05) is 5.03 Å². The first-order valence-electron chi connectivity index (χ1n) is 10.2. The van der Waals surface area contributed by atoms with Gasteiger partial charge in [-0.25, -0.2) is 0 Å². The molecule has 1 amide bonds. The molecule has 2 aromatic carbocycles. The monoisotopic (exact) mass is 463 g/mol. The molecule has 0 spiro atoms. The van der Waals surface area contributed by atoms with Crippen LogP contribution in [-0.4, -0.2) is 33.7 Å². The van der Waals surface area contributed by atoms with E-state index < -0.39 is 23.4 Å². The van der Waals surface area contributed by atoms with Crippen LogP contribution in [0.1, 0.15) is 17.5 Å². The Labute approximate surface area is 196 Å². The lowest BCUT2D eigenvalue weighted by Gasteiger charge is -2.19. The number of aromatic hydroxyl groups is 2. The summed E-state index contributed by atoms with van der Waals surface area (Å²) in [7, 11) is 0. The summed E-state index contributed by atoms with van der Waals surface area (Å²) >= 11 is 5.90. The highest BCUT2D eigenvalue weighted by atomic mass is 35.5. The van der Waals surface area contributed by atoms with Crippen molar-refractivity contribution >= 4 is 41.2 Å². The highest BCUT2D eigenvalue weighted by molar-refractivity contribution is 6.31. The fourth-order valence-corrected chi connectivity index (χ4v) is 3.25. The van der Waals surface area contributed by atoms with Gasteiger partial charge in [-0.15, -0.1) is 0 Å². The number of amides is 1. The SMILES string of the molecule is O=C(C=Cc1ccc(O)cc1)C(C(=O)C=Cc1ccc(O)cc1)C(=O)NC1C=CC(Cl)=CC1. The minimum Gasteiger partial charge on any atom is -0.508 e. The Kier molecular flexibility index (Phi) is 8.00. The van der Waals surface area contributed by atoms with E-state index in [2.05, 4.69) is 5.32 Å². The minimum absolute atomic E-state index is 0.0833. The Morgan fingerprint density at radius 3 is 1.79 bits per heavy atom. The molecule has 0 fully saturated rings. The number of phenols is 2. The largest absolute Gasteiger partial charge is 0.508 e. The summed E-state index contributed by atoms with van der Waals surface area (Å²) in [4.78, 5) is 38.7. The molecule has 168 valence electrons. The molecule has 2 aromatic rings. The van der Waals surface area contributed by atoms with E-state index in [1.54, 1.807) is 42.5 Å². The van der Waals surface area contributed by atoms with Crippen LogP contribution in [0.25, 0.3) is 12.2 Å². The van der Waals surface area contributed by atoms with Crippen molar-refractivity contribution in [3.63, 3.8) is 0 Å². The first-order chi connectivity index (χ1) is 15.8. The predicted octanol–water partition coefficient (Wildman–Crippen LogP) is 4.15. The molecular weight excluding hydrogens is 442 g/mol. The van der Waals surface area contributed by atoms with Gasteiger partial charge in [0.2, 0.25) is 5.91 Å². The molecule has 0 bridgehead atoms. The van der Waals surface area contributed by atoms with Crippen LogP contribution in [0.15, 0.2) is 83.9 Å². The number of allylic oxidation sites excluding steroid dienone is 4. The van der Waals surface area contributed by atoms with Crippen molar-refractivity contribution in [3.8, 4) is 11.5 Å². The van der Waals surface area contributed by atoms with Gasteiger partial charge in [-0.1, -0.05) is 60.2 Å². The number of nitrogens with one attached hydrogen (secondary N) is 1. The van der Waals surface area contributed by atoms with E-state index in [0.717, 1.165) is 0 Å². The standard InChI is InChI=1S/C26H22ClNO5/c27-19-7-9-20(10-8-19)28-26(33)25(23(31)15-5-17-1-11-21(29)12-2-17)24(32)16-6-18-3-13-22(30)14-4-18/h1-9,11-16,20,25,29-30H,10H2,(H,28,33). The highest BCUT2D eigenvalue weighted by Crippen LogP contribution is 2.16. The predicted molar refractivity (Wildman–Crippen MR) is 127 cm³/mol. The number of halogens is 1. The lowest BCUT2D eigenvalue weighted by Crippen LogP contribution is -2.43. The Morgan fingerprint density at radius 1 is 0.879 bits per heavy atom. The Balaban J connectivity index is 1.79. The second-order valence-electron chi connectivity index (χ2n) is 7.39. The summed E-state index contributed by atoms with van der Waals surface area (Å²) in [5.41, 5.74) is 1.25. The molecule has 0 saturated heterocycles. The van der Waals surface area contributed by atoms with E-state index in [-0.39, 0.29) is 17.5 Å². The summed E-state index contributed by atoms with van der Waals surface area (Å²) in [6.07, 6.45) is 10.8. The number of hydrogen-bond donors (Lipinski definition) is 3. The van der Waals surface area contributed by atoms with Gasteiger partial charge in [-0.3, -0.25) is 14.4 Å². The number of benzene rings is 2. The van der Waals surface area contributed by atoms with Crippen LogP contribution in [0.5, 0.6) is 11.5 Å². The van der Waals surface area contributed by atoms with Crippen molar-refractivity contribution in [2.24, 2.45) is 5.92 Å². The van der Waals surface area contributed by atoms with E-state index in [9.17, 15) is 24.6 Å². The zero-order valence-corrected chi connectivity index (χ0v) is 18.3. The lowest BCUT2D eigenvalue weighted by molar-refractivity contribution is -0.137. The van der Waals surface area contributed by atoms with Crippen LogP contribution in [0.4, 0.5) is 0 Å². The molecule has 1 aliphatic carbocycles. The highest BCUT2D eigenvalue weighted by Gasteiger charge is 2.31. The quantitative estimate of drug-likeness (QED) is 0.403. The number of rotatable bonds is 8.